The second-order valence-corrected chi connectivity index (χ2v) is 5.60. The summed E-state index contributed by atoms with van der Waals surface area (Å²) in [4.78, 5) is 13.4. The number of nitrogens with one attached hydrogen (secondary N) is 2. The molecule has 6 heteroatoms. The normalized spacial score (nSPS) is 22.4. The highest BCUT2D eigenvalue weighted by Gasteiger charge is 2.23. The van der Waals surface area contributed by atoms with Gasteiger partial charge in [-0.3, -0.25) is 0 Å². The summed E-state index contributed by atoms with van der Waals surface area (Å²) in [5, 5.41) is 7.55. The fraction of sp³-hybridized carbons (Fsp3) is 0.500. The Morgan fingerprint density at radius 2 is 2.05 bits per heavy atom. The Morgan fingerprint density at radius 1 is 1.25 bits per heavy atom. The van der Waals surface area contributed by atoms with Gasteiger partial charge >= 0.3 is 0 Å². The van der Waals surface area contributed by atoms with Crippen LogP contribution in [0.2, 0.25) is 0 Å². The molecule has 2 atom stereocenters. The van der Waals surface area contributed by atoms with Crippen molar-refractivity contribution in [2.24, 2.45) is 5.92 Å². The molecule has 2 aromatic rings. The molecule has 0 aromatic carbocycles. The molecule has 4 N–H and O–H groups in total. The van der Waals surface area contributed by atoms with E-state index in [2.05, 4.69) is 32.5 Å². The van der Waals surface area contributed by atoms with E-state index in [0.717, 1.165) is 29.7 Å². The Morgan fingerprint density at radius 3 is 2.75 bits per heavy atom. The Labute approximate surface area is 118 Å². The van der Waals surface area contributed by atoms with Crippen LogP contribution >= 0.6 is 0 Å². The first-order valence-corrected chi connectivity index (χ1v) is 6.93. The molecule has 1 aliphatic rings. The van der Waals surface area contributed by atoms with Crippen molar-refractivity contribution in [2.75, 3.05) is 24.1 Å². The van der Waals surface area contributed by atoms with Crippen LogP contribution in [0.3, 0.4) is 0 Å². The predicted molar refractivity (Wildman–Crippen MR) is 80.7 cm³/mol. The SMILES string of the molecule is Cc1cc(C)c2c(N)nc(NC3CNCC3C)nc2n1. The summed E-state index contributed by atoms with van der Waals surface area (Å²) in [6.45, 7) is 8.10. The minimum atomic E-state index is 0.331. The second kappa shape index (κ2) is 4.86. The molecule has 1 fully saturated rings. The maximum absolute atomic E-state index is 6.07. The zero-order valence-corrected chi connectivity index (χ0v) is 12.1. The van der Waals surface area contributed by atoms with Gasteiger partial charge in [-0.1, -0.05) is 6.92 Å². The van der Waals surface area contributed by atoms with Crippen molar-refractivity contribution < 1.29 is 0 Å². The van der Waals surface area contributed by atoms with Gasteiger partial charge < -0.3 is 16.4 Å². The summed E-state index contributed by atoms with van der Waals surface area (Å²) in [6.07, 6.45) is 0. The molecule has 1 aliphatic heterocycles. The maximum Gasteiger partial charge on any atom is 0.227 e. The standard InChI is InChI=1S/C14H20N6/c1-7-4-9(3)17-13-11(7)12(15)19-14(20-13)18-10-6-16-5-8(10)2/h4,8,10,16H,5-6H2,1-3H3,(H3,15,17,18,19,20). The molecule has 0 spiro atoms. The second-order valence-electron chi connectivity index (χ2n) is 5.60. The van der Waals surface area contributed by atoms with Gasteiger partial charge in [0.2, 0.25) is 5.95 Å². The van der Waals surface area contributed by atoms with Gasteiger partial charge in [-0.15, -0.1) is 0 Å². The molecule has 2 aromatic heterocycles. The van der Waals surface area contributed by atoms with Crippen molar-refractivity contribution in [3.63, 3.8) is 0 Å². The zero-order valence-electron chi connectivity index (χ0n) is 12.1. The molecular formula is C14H20N6. The van der Waals surface area contributed by atoms with E-state index < -0.39 is 0 Å². The smallest absolute Gasteiger partial charge is 0.227 e. The van der Waals surface area contributed by atoms with E-state index in [-0.39, 0.29) is 0 Å². The number of nitrogens with zero attached hydrogens (tertiary/aromatic N) is 3. The van der Waals surface area contributed by atoms with Crippen LogP contribution in [0.1, 0.15) is 18.2 Å². The molecule has 1 saturated heterocycles. The molecule has 20 heavy (non-hydrogen) atoms. The zero-order chi connectivity index (χ0) is 14.3. The van der Waals surface area contributed by atoms with E-state index in [1.807, 2.05) is 19.9 Å². The van der Waals surface area contributed by atoms with E-state index in [9.17, 15) is 0 Å². The minimum Gasteiger partial charge on any atom is -0.383 e. The minimum absolute atomic E-state index is 0.331. The molecule has 6 nitrogen and oxygen atoms in total. The average Bonchev–Trinajstić information content (AvgIpc) is 2.73. The third kappa shape index (κ3) is 2.27. The molecule has 106 valence electrons. The van der Waals surface area contributed by atoms with Gasteiger partial charge in [0.05, 0.1) is 5.39 Å². The van der Waals surface area contributed by atoms with Gasteiger partial charge in [0.1, 0.15) is 5.82 Å². The summed E-state index contributed by atoms with van der Waals surface area (Å²) >= 11 is 0. The lowest BCUT2D eigenvalue weighted by Gasteiger charge is -2.17. The van der Waals surface area contributed by atoms with Gasteiger partial charge in [0, 0.05) is 18.3 Å². The fourth-order valence-corrected chi connectivity index (χ4v) is 2.74. The van der Waals surface area contributed by atoms with Crippen LogP contribution in [0, 0.1) is 19.8 Å². The molecule has 0 saturated carbocycles. The Balaban J connectivity index is 2.01. The third-order valence-electron chi connectivity index (χ3n) is 3.85. The molecule has 2 unspecified atom stereocenters. The fourth-order valence-electron chi connectivity index (χ4n) is 2.74. The van der Waals surface area contributed by atoms with Crippen molar-refractivity contribution in [3.05, 3.63) is 17.3 Å². The Bertz CT molecular complexity index is 654. The largest absolute Gasteiger partial charge is 0.383 e. The number of pyridine rings is 1. The summed E-state index contributed by atoms with van der Waals surface area (Å²) < 4.78 is 0. The molecule has 0 amide bonds. The quantitative estimate of drug-likeness (QED) is 0.762. The number of anilines is 2. The van der Waals surface area contributed by atoms with Crippen molar-refractivity contribution in [2.45, 2.75) is 26.8 Å². The van der Waals surface area contributed by atoms with Crippen LogP contribution in [0.4, 0.5) is 11.8 Å². The molecule has 0 radical (unpaired) electrons. The highest BCUT2D eigenvalue weighted by atomic mass is 15.2. The van der Waals surface area contributed by atoms with Crippen molar-refractivity contribution >= 4 is 22.8 Å². The van der Waals surface area contributed by atoms with Crippen LogP contribution in [0.15, 0.2) is 6.07 Å². The van der Waals surface area contributed by atoms with Gasteiger partial charge in [-0.2, -0.15) is 9.97 Å². The van der Waals surface area contributed by atoms with Crippen LogP contribution in [0.25, 0.3) is 11.0 Å². The van der Waals surface area contributed by atoms with Crippen LogP contribution in [0.5, 0.6) is 0 Å². The maximum atomic E-state index is 6.07. The number of aromatic nitrogens is 3. The van der Waals surface area contributed by atoms with E-state index in [0.29, 0.717) is 29.4 Å². The lowest BCUT2D eigenvalue weighted by atomic mass is 10.1. The number of hydrogen-bond donors (Lipinski definition) is 3. The van der Waals surface area contributed by atoms with Gasteiger partial charge in [0.25, 0.3) is 0 Å². The summed E-state index contributed by atoms with van der Waals surface area (Å²) in [5.74, 6) is 1.59. The Kier molecular flexibility index (Phi) is 3.17. The lowest BCUT2D eigenvalue weighted by molar-refractivity contribution is 0.591. The van der Waals surface area contributed by atoms with Crippen LogP contribution in [-0.2, 0) is 0 Å². The lowest BCUT2D eigenvalue weighted by Crippen LogP contribution is -2.28. The molecular weight excluding hydrogens is 252 g/mol. The first-order valence-electron chi connectivity index (χ1n) is 6.93. The van der Waals surface area contributed by atoms with Gasteiger partial charge in [-0.25, -0.2) is 4.98 Å². The highest BCUT2D eigenvalue weighted by Crippen LogP contribution is 2.23. The topological polar surface area (TPSA) is 88.8 Å². The molecule has 0 bridgehead atoms. The number of rotatable bonds is 2. The van der Waals surface area contributed by atoms with E-state index in [1.165, 1.54) is 0 Å². The number of nitrogens with two attached hydrogens (primary N) is 1. The first-order chi connectivity index (χ1) is 9.54. The predicted octanol–water partition coefficient (Wildman–Crippen LogP) is 1.24. The van der Waals surface area contributed by atoms with E-state index in [1.54, 1.807) is 0 Å². The van der Waals surface area contributed by atoms with Crippen molar-refractivity contribution in [1.82, 2.24) is 20.3 Å². The van der Waals surface area contributed by atoms with Crippen molar-refractivity contribution in [1.29, 1.82) is 0 Å². The van der Waals surface area contributed by atoms with Gasteiger partial charge in [0.15, 0.2) is 5.65 Å². The number of nitrogen functional groups attached to an aromatic ring is 1. The van der Waals surface area contributed by atoms with Crippen LogP contribution in [-0.4, -0.2) is 34.1 Å². The van der Waals surface area contributed by atoms with Crippen LogP contribution < -0.4 is 16.4 Å². The number of hydrogen-bond acceptors (Lipinski definition) is 6. The van der Waals surface area contributed by atoms with Gasteiger partial charge in [-0.05, 0) is 37.9 Å². The molecule has 3 rings (SSSR count). The monoisotopic (exact) mass is 272 g/mol. The van der Waals surface area contributed by atoms with E-state index >= 15 is 0 Å². The third-order valence-corrected chi connectivity index (χ3v) is 3.85. The summed E-state index contributed by atoms with van der Waals surface area (Å²) in [6, 6.07) is 2.33. The number of fused-ring (bicyclic) bond motifs is 1. The highest BCUT2D eigenvalue weighted by molar-refractivity contribution is 5.89. The van der Waals surface area contributed by atoms with E-state index in [4.69, 9.17) is 5.73 Å². The van der Waals surface area contributed by atoms with Crippen molar-refractivity contribution in [3.8, 4) is 0 Å². The first kappa shape index (κ1) is 13.1. The molecule has 0 aliphatic carbocycles. The number of aryl methyl sites for hydroxylation is 2. The summed E-state index contributed by atoms with van der Waals surface area (Å²) in [5.41, 5.74) is 8.74. The molecule has 3 heterocycles. The Hall–Kier alpha value is -1.95. The average molecular weight is 272 g/mol. The summed E-state index contributed by atoms with van der Waals surface area (Å²) in [7, 11) is 0.